The average Bonchev–Trinajstić information content (AvgIpc) is 3.16. The molecule has 0 fully saturated rings. The first-order valence-electron chi connectivity index (χ1n) is 8.49. The van der Waals surface area contributed by atoms with Crippen LogP contribution in [0.15, 0.2) is 70.9 Å². The number of hydrogen-bond acceptors (Lipinski definition) is 5. The van der Waals surface area contributed by atoms with E-state index in [1.165, 1.54) is 11.8 Å². The van der Waals surface area contributed by atoms with E-state index in [-0.39, 0.29) is 10.8 Å². The second kappa shape index (κ2) is 7.28. The van der Waals surface area contributed by atoms with Crippen LogP contribution in [0.1, 0.15) is 18.0 Å². The van der Waals surface area contributed by atoms with E-state index in [0.29, 0.717) is 16.7 Å². The summed E-state index contributed by atoms with van der Waals surface area (Å²) in [5.41, 5.74) is 1.56. The van der Waals surface area contributed by atoms with E-state index < -0.39 is 0 Å². The molecular formula is C20H18N4O2S. The fourth-order valence-corrected chi connectivity index (χ4v) is 3.77. The number of H-pyrrole nitrogens is 1. The van der Waals surface area contributed by atoms with Crippen molar-refractivity contribution in [3.63, 3.8) is 0 Å². The van der Waals surface area contributed by atoms with Crippen LogP contribution >= 0.6 is 11.8 Å². The Balaban J connectivity index is 1.63. The van der Waals surface area contributed by atoms with Crippen LogP contribution < -0.4 is 10.3 Å². The van der Waals surface area contributed by atoms with Gasteiger partial charge in [-0.25, -0.2) is 9.97 Å². The molecule has 0 aliphatic heterocycles. The Morgan fingerprint density at radius 1 is 1.15 bits per heavy atom. The third-order valence-corrected chi connectivity index (χ3v) is 5.35. The molecule has 7 heteroatoms. The van der Waals surface area contributed by atoms with Crippen LogP contribution in [-0.2, 0) is 0 Å². The van der Waals surface area contributed by atoms with Crippen molar-refractivity contribution in [3.05, 3.63) is 77.1 Å². The van der Waals surface area contributed by atoms with Crippen LogP contribution in [0.2, 0.25) is 0 Å². The quantitative estimate of drug-likeness (QED) is 0.532. The lowest BCUT2D eigenvalue weighted by Crippen LogP contribution is -2.13. The van der Waals surface area contributed by atoms with Crippen molar-refractivity contribution >= 4 is 22.7 Å². The largest absolute Gasteiger partial charge is 0.497 e. The molecule has 27 heavy (non-hydrogen) atoms. The van der Waals surface area contributed by atoms with Gasteiger partial charge < -0.3 is 9.72 Å². The second-order valence-corrected chi connectivity index (χ2v) is 7.31. The lowest BCUT2D eigenvalue weighted by atomic mass is 10.2. The Labute approximate surface area is 160 Å². The summed E-state index contributed by atoms with van der Waals surface area (Å²) in [5, 5.41) is 1.35. The summed E-state index contributed by atoms with van der Waals surface area (Å²) in [6.45, 7) is 2.00. The van der Waals surface area contributed by atoms with Gasteiger partial charge in [0.05, 0.1) is 23.3 Å². The van der Waals surface area contributed by atoms with Gasteiger partial charge in [0, 0.05) is 18.1 Å². The zero-order valence-corrected chi connectivity index (χ0v) is 15.7. The van der Waals surface area contributed by atoms with Crippen LogP contribution in [0.3, 0.4) is 0 Å². The Kier molecular flexibility index (Phi) is 4.68. The fourth-order valence-electron chi connectivity index (χ4n) is 2.83. The molecule has 4 rings (SSSR count). The maximum absolute atomic E-state index is 12.3. The molecule has 0 unspecified atom stereocenters. The van der Waals surface area contributed by atoms with E-state index in [1.54, 1.807) is 19.4 Å². The maximum atomic E-state index is 12.3. The molecule has 1 N–H and O–H groups in total. The summed E-state index contributed by atoms with van der Waals surface area (Å²) in [7, 11) is 1.65. The Bertz CT molecular complexity index is 1130. The third-order valence-electron chi connectivity index (χ3n) is 4.26. The molecule has 0 aliphatic rings. The minimum Gasteiger partial charge on any atom is -0.497 e. The van der Waals surface area contributed by atoms with Crippen molar-refractivity contribution in [2.75, 3.05) is 7.11 Å². The number of rotatable bonds is 5. The van der Waals surface area contributed by atoms with Gasteiger partial charge in [-0.3, -0.25) is 9.36 Å². The lowest BCUT2D eigenvalue weighted by molar-refractivity contribution is 0.414. The summed E-state index contributed by atoms with van der Waals surface area (Å²) >= 11 is 1.54. The van der Waals surface area contributed by atoms with Gasteiger partial charge in [-0.05, 0) is 43.3 Å². The maximum Gasteiger partial charge on any atom is 0.258 e. The highest BCUT2D eigenvalue weighted by Gasteiger charge is 2.16. The van der Waals surface area contributed by atoms with Crippen LogP contribution in [-0.4, -0.2) is 26.6 Å². The van der Waals surface area contributed by atoms with Crippen molar-refractivity contribution in [3.8, 4) is 11.4 Å². The number of aromatic nitrogens is 4. The number of nitrogens with zero attached hydrogens (tertiary/aromatic N) is 3. The molecular weight excluding hydrogens is 360 g/mol. The highest BCUT2D eigenvalue weighted by molar-refractivity contribution is 7.99. The molecule has 0 spiro atoms. The number of hydrogen-bond donors (Lipinski definition) is 1. The number of aromatic amines is 1. The highest BCUT2D eigenvalue weighted by atomic mass is 32.2. The van der Waals surface area contributed by atoms with Crippen LogP contribution in [0, 0.1) is 0 Å². The zero-order valence-electron chi connectivity index (χ0n) is 14.9. The average molecular weight is 378 g/mol. The van der Waals surface area contributed by atoms with Crippen molar-refractivity contribution in [1.82, 2.24) is 19.5 Å². The molecule has 0 amide bonds. The molecule has 0 saturated carbocycles. The number of imidazole rings is 1. The molecule has 2 aromatic carbocycles. The molecule has 2 aromatic heterocycles. The minimum absolute atomic E-state index is 0.0679. The van der Waals surface area contributed by atoms with Crippen molar-refractivity contribution in [1.29, 1.82) is 0 Å². The van der Waals surface area contributed by atoms with Gasteiger partial charge in [0.15, 0.2) is 5.16 Å². The second-order valence-electron chi connectivity index (χ2n) is 6.01. The van der Waals surface area contributed by atoms with Gasteiger partial charge in [0.1, 0.15) is 11.6 Å². The summed E-state index contributed by atoms with van der Waals surface area (Å²) in [6.07, 6.45) is 3.67. The SMILES string of the molecule is COc1ccc(-n2ccnc2S[C@@H](C)c2nc3ccccc3c(=O)[nH]2)cc1. The predicted octanol–water partition coefficient (Wildman–Crippen LogP) is 3.97. The van der Waals surface area contributed by atoms with E-state index in [2.05, 4.69) is 15.0 Å². The predicted molar refractivity (Wildman–Crippen MR) is 107 cm³/mol. The summed E-state index contributed by atoms with van der Waals surface area (Å²) in [6, 6.07) is 15.1. The zero-order chi connectivity index (χ0) is 18.8. The molecule has 2 heterocycles. The van der Waals surface area contributed by atoms with Gasteiger partial charge in [-0.1, -0.05) is 23.9 Å². The molecule has 0 aliphatic carbocycles. The number of ether oxygens (including phenoxy) is 1. The van der Waals surface area contributed by atoms with Gasteiger partial charge in [0.25, 0.3) is 5.56 Å². The topological polar surface area (TPSA) is 72.8 Å². The monoisotopic (exact) mass is 378 g/mol. The number of nitrogens with one attached hydrogen (secondary N) is 1. The summed E-state index contributed by atoms with van der Waals surface area (Å²) in [5.74, 6) is 1.44. The molecule has 6 nitrogen and oxygen atoms in total. The smallest absolute Gasteiger partial charge is 0.258 e. The Morgan fingerprint density at radius 3 is 2.70 bits per heavy atom. The summed E-state index contributed by atoms with van der Waals surface area (Å²) in [4.78, 5) is 24.3. The number of fused-ring (bicyclic) bond motifs is 1. The molecule has 1 atom stereocenters. The first kappa shape index (κ1) is 17.4. The number of para-hydroxylation sites is 1. The number of methoxy groups -OCH3 is 1. The minimum atomic E-state index is -0.124. The Hall–Kier alpha value is -3.06. The standard InChI is InChI=1S/C20H18N4O2S/c1-13(18-22-17-6-4-3-5-16(17)19(25)23-18)27-20-21-11-12-24(20)14-7-9-15(26-2)10-8-14/h3-13H,1-2H3,(H,22,23,25)/t13-/m0/s1. The van der Waals surface area contributed by atoms with E-state index in [9.17, 15) is 4.79 Å². The number of benzene rings is 2. The molecule has 136 valence electrons. The van der Waals surface area contributed by atoms with Gasteiger partial charge in [0.2, 0.25) is 0 Å². The van der Waals surface area contributed by atoms with Crippen molar-refractivity contribution in [2.45, 2.75) is 17.3 Å². The van der Waals surface area contributed by atoms with Crippen LogP contribution in [0.25, 0.3) is 16.6 Å². The molecule has 4 aromatic rings. The summed E-state index contributed by atoms with van der Waals surface area (Å²) < 4.78 is 7.21. The van der Waals surface area contributed by atoms with E-state index in [0.717, 1.165) is 16.6 Å². The molecule has 0 saturated heterocycles. The fraction of sp³-hybridized carbons (Fsp3) is 0.150. The van der Waals surface area contributed by atoms with Crippen LogP contribution in [0.4, 0.5) is 0 Å². The van der Waals surface area contributed by atoms with Crippen molar-refractivity contribution in [2.24, 2.45) is 0 Å². The van der Waals surface area contributed by atoms with Gasteiger partial charge in [-0.2, -0.15) is 0 Å². The lowest BCUT2D eigenvalue weighted by Gasteiger charge is -2.13. The third kappa shape index (κ3) is 3.46. The normalized spacial score (nSPS) is 12.2. The Morgan fingerprint density at radius 2 is 1.93 bits per heavy atom. The van der Waals surface area contributed by atoms with Crippen molar-refractivity contribution < 1.29 is 4.74 Å². The van der Waals surface area contributed by atoms with E-state index in [4.69, 9.17) is 4.74 Å². The first-order valence-corrected chi connectivity index (χ1v) is 9.37. The number of thioether (sulfide) groups is 1. The van der Waals surface area contributed by atoms with E-state index >= 15 is 0 Å². The van der Waals surface area contributed by atoms with Gasteiger partial charge in [-0.15, -0.1) is 0 Å². The van der Waals surface area contributed by atoms with E-state index in [1.807, 2.05) is 60.2 Å². The van der Waals surface area contributed by atoms with Gasteiger partial charge >= 0.3 is 0 Å². The first-order chi connectivity index (χ1) is 13.2. The highest BCUT2D eigenvalue weighted by Crippen LogP contribution is 2.33. The molecule has 0 radical (unpaired) electrons. The van der Waals surface area contributed by atoms with Crippen LogP contribution in [0.5, 0.6) is 5.75 Å². The molecule has 0 bridgehead atoms.